The lowest BCUT2D eigenvalue weighted by Crippen LogP contribution is -2.48. The minimum Gasteiger partial charge on any atom is -0.361 e. The van der Waals surface area contributed by atoms with Gasteiger partial charge in [0, 0.05) is 44.5 Å². The van der Waals surface area contributed by atoms with Gasteiger partial charge in [-0.05, 0) is 38.0 Å². The zero-order valence-electron chi connectivity index (χ0n) is 14.6. The maximum atomic E-state index is 12.6. The summed E-state index contributed by atoms with van der Waals surface area (Å²) < 4.78 is 5.23. The first-order valence-electron chi connectivity index (χ1n) is 8.46. The second kappa shape index (κ2) is 7.13. The second-order valence-corrected chi connectivity index (χ2v) is 6.27. The Morgan fingerprint density at radius 1 is 1.25 bits per heavy atom. The van der Waals surface area contributed by atoms with E-state index in [1.54, 1.807) is 6.20 Å². The highest BCUT2D eigenvalue weighted by atomic mass is 16.5. The topological polar surface area (TPSA) is 62.5 Å². The number of hydrogen-bond acceptors (Lipinski definition) is 5. The van der Waals surface area contributed by atoms with Gasteiger partial charge in [0.15, 0.2) is 0 Å². The monoisotopic (exact) mass is 328 g/mol. The second-order valence-electron chi connectivity index (χ2n) is 6.27. The molecule has 6 nitrogen and oxygen atoms in total. The van der Waals surface area contributed by atoms with E-state index in [1.165, 1.54) is 0 Å². The Morgan fingerprint density at radius 2 is 2.00 bits per heavy atom. The largest absolute Gasteiger partial charge is 0.361 e. The van der Waals surface area contributed by atoms with Gasteiger partial charge < -0.3 is 9.42 Å². The van der Waals surface area contributed by atoms with E-state index in [0.717, 1.165) is 61.7 Å². The van der Waals surface area contributed by atoms with Crippen molar-refractivity contribution in [1.82, 2.24) is 19.9 Å². The zero-order valence-corrected chi connectivity index (χ0v) is 14.6. The molecular weight excluding hydrogens is 304 g/mol. The highest BCUT2D eigenvalue weighted by Gasteiger charge is 2.24. The average molecular weight is 328 g/mol. The standard InChI is InChI=1S/C18H24N4O2/c1-4-15-5-6-19-17(11-15)18(23)22-9-7-21(8-10-22)12-16-13(2)20-24-14(16)3/h5-6,11H,4,7-10,12H2,1-3H3. The number of carbonyl (C=O) groups is 1. The summed E-state index contributed by atoms with van der Waals surface area (Å²) in [4.78, 5) is 21.1. The lowest BCUT2D eigenvalue weighted by Gasteiger charge is -2.34. The fourth-order valence-corrected chi connectivity index (χ4v) is 3.03. The molecule has 0 radical (unpaired) electrons. The molecule has 1 fully saturated rings. The average Bonchev–Trinajstić information content (AvgIpc) is 2.94. The molecule has 1 amide bonds. The fourth-order valence-electron chi connectivity index (χ4n) is 3.03. The molecule has 3 heterocycles. The molecule has 0 bridgehead atoms. The molecule has 0 saturated carbocycles. The van der Waals surface area contributed by atoms with E-state index in [4.69, 9.17) is 4.52 Å². The predicted octanol–water partition coefficient (Wildman–Crippen LogP) is 2.21. The van der Waals surface area contributed by atoms with Crippen LogP contribution in [0.4, 0.5) is 0 Å². The van der Waals surface area contributed by atoms with Gasteiger partial charge in [-0.1, -0.05) is 12.1 Å². The normalized spacial score (nSPS) is 15.7. The van der Waals surface area contributed by atoms with Crippen LogP contribution in [0.5, 0.6) is 0 Å². The lowest BCUT2D eigenvalue weighted by molar-refractivity contribution is 0.0621. The van der Waals surface area contributed by atoms with Crippen LogP contribution in [0.3, 0.4) is 0 Å². The van der Waals surface area contributed by atoms with Gasteiger partial charge >= 0.3 is 0 Å². The molecule has 0 aliphatic carbocycles. The molecule has 3 rings (SSSR count). The lowest BCUT2D eigenvalue weighted by atomic mass is 10.1. The van der Waals surface area contributed by atoms with Crippen LogP contribution in [0.2, 0.25) is 0 Å². The third-order valence-electron chi connectivity index (χ3n) is 4.67. The number of pyridine rings is 1. The summed E-state index contributed by atoms with van der Waals surface area (Å²) in [6, 6.07) is 3.86. The van der Waals surface area contributed by atoms with E-state index in [-0.39, 0.29) is 5.91 Å². The van der Waals surface area contributed by atoms with Crippen molar-refractivity contribution < 1.29 is 9.32 Å². The maximum Gasteiger partial charge on any atom is 0.272 e. The number of hydrogen-bond donors (Lipinski definition) is 0. The predicted molar refractivity (Wildman–Crippen MR) is 90.8 cm³/mol. The minimum atomic E-state index is 0.0299. The molecule has 0 N–H and O–H groups in total. The molecule has 2 aromatic heterocycles. The minimum absolute atomic E-state index is 0.0299. The maximum absolute atomic E-state index is 12.6. The summed E-state index contributed by atoms with van der Waals surface area (Å²) in [5.74, 6) is 0.911. The van der Waals surface area contributed by atoms with Crippen LogP contribution >= 0.6 is 0 Å². The van der Waals surface area contributed by atoms with Crippen molar-refractivity contribution in [3.8, 4) is 0 Å². The van der Waals surface area contributed by atoms with E-state index in [2.05, 4.69) is 22.0 Å². The number of aromatic nitrogens is 2. The Labute approximate surface area is 142 Å². The summed E-state index contributed by atoms with van der Waals surface area (Å²) in [6.45, 7) is 9.97. The van der Waals surface area contributed by atoms with Crippen molar-refractivity contribution in [3.63, 3.8) is 0 Å². The molecular formula is C18H24N4O2. The zero-order chi connectivity index (χ0) is 17.1. The fraction of sp³-hybridized carbons (Fsp3) is 0.500. The number of rotatable bonds is 4. The van der Waals surface area contributed by atoms with Crippen molar-refractivity contribution in [2.75, 3.05) is 26.2 Å². The summed E-state index contributed by atoms with van der Waals surface area (Å²) in [5, 5.41) is 4.01. The Bertz CT molecular complexity index is 698. The highest BCUT2D eigenvalue weighted by molar-refractivity contribution is 5.92. The van der Waals surface area contributed by atoms with Crippen LogP contribution in [0, 0.1) is 13.8 Å². The van der Waals surface area contributed by atoms with Crippen LogP contribution < -0.4 is 0 Å². The van der Waals surface area contributed by atoms with Gasteiger partial charge in [-0.15, -0.1) is 0 Å². The molecule has 24 heavy (non-hydrogen) atoms. The molecule has 1 saturated heterocycles. The number of amides is 1. The Kier molecular flexibility index (Phi) is 4.94. The third-order valence-corrected chi connectivity index (χ3v) is 4.67. The third kappa shape index (κ3) is 3.48. The molecule has 1 aliphatic rings. The number of nitrogens with zero attached hydrogens (tertiary/aromatic N) is 4. The van der Waals surface area contributed by atoms with Gasteiger partial charge in [-0.25, -0.2) is 0 Å². The van der Waals surface area contributed by atoms with Gasteiger partial charge in [0.2, 0.25) is 0 Å². The van der Waals surface area contributed by atoms with Gasteiger partial charge in [0.05, 0.1) is 5.69 Å². The molecule has 2 aromatic rings. The smallest absolute Gasteiger partial charge is 0.272 e. The number of carbonyl (C=O) groups excluding carboxylic acids is 1. The van der Waals surface area contributed by atoms with Crippen LogP contribution in [0.1, 0.15) is 40.0 Å². The first kappa shape index (κ1) is 16.6. The van der Waals surface area contributed by atoms with E-state index in [1.807, 2.05) is 30.9 Å². The van der Waals surface area contributed by atoms with Crippen molar-refractivity contribution in [1.29, 1.82) is 0 Å². The molecule has 0 atom stereocenters. The van der Waals surface area contributed by atoms with Gasteiger partial charge in [0.1, 0.15) is 11.5 Å². The summed E-state index contributed by atoms with van der Waals surface area (Å²) in [5.41, 5.74) is 3.80. The number of piperazine rings is 1. The summed E-state index contributed by atoms with van der Waals surface area (Å²) in [6.07, 6.45) is 2.63. The molecule has 128 valence electrons. The summed E-state index contributed by atoms with van der Waals surface area (Å²) >= 11 is 0. The molecule has 0 spiro atoms. The van der Waals surface area contributed by atoms with Crippen molar-refractivity contribution in [2.45, 2.75) is 33.7 Å². The first-order valence-corrected chi connectivity index (χ1v) is 8.46. The quantitative estimate of drug-likeness (QED) is 0.861. The van der Waals surface area contributed by atoms with Crippen molar-refractivity contribution in [3.05, 3.63) is 46.6 Å². The van der Waals surface area contributed by atoms with E-state index in [0.29, 0.717) is 5.69 Å². The van der Waals surface area contributed by atoms with Gasteiger partial charge in [-0.3, -0.25) is 14.7 Å². The van der Waals surface area contributed by atoms with Gasteiger partial charge in [0.25, 0.3) is 5.91 Å². The van der Waals surface area contributed by atoms with Crippen LogP contribution in [-0.2, 0) is 13.0 Å². The molecule has 6 heteroatoms. The van der Waals surface area contributed by atoms with Gasteiger partial charge in [-0.2, -0.15) is 0 Å². The Balaban J connectivity index is 1.59. The SMILES string of the molecule is CCc1ccnc(C(=O)N2CCN(Cc3c(C)noc3C)CC2)c1. The number of aryl methyl sites for hydroxylation is 3. The molecule has 0 aromatic carbocycles. The Morgan fingerprint density at radius 3 is 2.62 bits per heavy atom. The van der Waals surface area contributed by atoms with E-state index >= 15 is 0 Å². The van der Waals surface area contributed by atoms with E-state index < -0.39 is 0 Å². The van der Waals surface area contributed by atoms with Crippen LogP contribution in [0.25, 0.3) is 0 Å². The highest BCUT2D eigenvalue weighted by Crippen LogP contribution is 2.17. The molecule has 1 aliphatic heterocycles. The van der Waals surface area contributed by atoms with Crippen LogP contribution in [-0.4, -0.2) is 52.0 Å². The van der Waals surface area contributed by atoms with Crippen LogP contribution in [0.15, 0.2) is 22.9 Å². The Hall–Kier alpha value is -2.21. The first-order chi connectivity index (χ1) is 11.6. The molecule has 0 unspecified atom stereocenters. The van der Waals surface area contributed by atoms with Crippen molar-refractivity contribution in [2.24, 2.45) is 0 Å². The summed E-state index contributed by atoms with van der Waals surface area (Å²) in [7, 11) is 0. The van der Waals surface area contributed by atoms with E-state index in [9.17, 15) is 4.79 Å². The van der Waals surface area contributed by atoms with Crippen molar-refractivity contribution >= 4 is 5.91 Å².